The molecule has 0 aliphatic carbocycles. The second kappa shape index (κ2) is 19.0. The Kier molecular flexibility index (Phi) is 78.0. The fourth-order valence-electron chi connectivity index (χ4n) is 0. The van der Waals surface area contributed by atoms with Gasteiger partial charge in [0.05, 0.1) is 0 Å². The van der Waals surface area contributed by atoms with E-state index in [0.29, 0.717) is 0 Å². The van der Waals surface area contributed by atoms with E-state index in [1.165, 1.54) is 9.47 Å². The van der Waals surface area contributed by atoms with Crippen molar-refractivity contribution in [3.8, 4) is 0 Å². The zero-order chi connectivity index (χ0) is 2.00. The van der Waals surface area contributed by atoms with Crippen LogP contribution >= 0.6 is 9.47 Å². The Morgan fingerprint density at radius 3 is 1.50 bits per heavy atom. The molecule has 0 aromatic rings. The molecule has 0 aliphatic heterocycles. The van der Waals surface area contributed by atoms with Crippen LogP contribution in [-0.2, 0) is 0 Å². The topological polar surface area (TPSA) is 20.2 Å². The van der Waals surface area contributed by atoms with Crippen molar-refractivity contribution in [2.45, 2.75) is 0 Å². The summed E-state index contributed by atoms with van der Waals surface area (Å²) in [4.78, 5) is 6.92. The Morgan fingerprint density at radius 1 is 1.50 bits per heavy atom. The van der Waals surface area contributed by atoms with E-state index >= 15 is 0 Å². The zero-order valence-electron chi connectivity index (χ0n) is 3.73. The Hall–Kier alpha value is 2.18. The summed E-state index contributed by atoms with van der Waals surface area (Å²) in [6.45, 7) is 0. The summed E-state index contributed by atoms with van der Waals surface area (Å²) in [7, 11) is 1.42. The van der Waals surface area contributed by atoms with Crippen molar-refractivity contribution in [3.63, 3.8) is 0 Å². The van der Waals surface area contributed by atoms with Gasteiger partial charge < -0.3 is 7.75 Å². The molecule has 0 radical (unpaired) electrons. The maximum Gasteiger partial charge on any atom is 2.00 e. The molecule has 1 N–H and O–H groups in total. The van der Waals surface area contributed by atoms with Crippen molar-refractivity contribution >= 4 is 64.6 Å². The predicted octanol–water partition coefficient (Wildman–Crippen LogP) is -1.57. The average Bonchev–Trinajstić information content (AvgIpc) is 1.00. The third-order valence-corrected chi connectivity index (χ3v) is 0. The van der Waals surface area contributed by atoms with Crippen LogP contribution in [0.5, 0.6) is 0 Å². The molecular formula is H8AlCaOP. The van der Waals surface area contributed by atoms with Gasteiger partial charge in [-0.15, -0.1) is 0 Å². The molecule has 1 atom stereocenters. The normalized spacial score (nSPS) is 1.50. The molecule has 0 saturated carbocycles. The van der Waals surface area contributed by atoms with E-state index in [1.807, 2.05) is 0 Å². The van der Waals surface area contributed by atoms with E-state index in [0.717, 1.165) is 0 Å². The molecule has 0 aromatic carbocycles. The van der Waals surface area contributed by atoms with Crippen LogP contribution in [0.15, 0.2) is 0 Å². The van der Waals surface area contributed by atoms with Gasteiger partial charge in [0.15, 0.2) is 17.4 Å². The van der Waals surface area contributed by atoms with Gasteiger partial charge >= 0.3 is 37.7 Å². The second-order valence-corrected chi connectivity index (χ2v) is 0. The quantitative estimate of drug-likeness (QED) is 0.304. The van der Waals surface area contributed by atoms with E-state index in [4.69, 9.17) is 4.89 Å². The van der Waals surface area contributed by atoms with Gasteiger partial charge in [0, 0.05) is 0 Å². The van der Waals surface area contributed by atoms with E-state index in [-0.39, 0.29) is 58.0 Å². The first-order valence-electron chi connectivity index (χ1n) is 0.258. The molecule has 0 bridgehead atoms. The van der Waals surface area contributed by atoms with Gasteiger partial charge in [-0.3, -0.25) is 0 Å². The van der Waals surface area contributed by atoms with Crippen LogP contribution in [0.25, 0.3) is 0 Å². The van der Waals surface area contributed by atoms with E-state index in [9.17, 15) is 0 Å². The summed E-state index contributed by atoms with van der Waals surface area (Å²) in [5.74, 6) is 0. The summed E-state index contributed by atoms with van der Waals surface area (Å²) in [6, 6.07) is 0. The number of hydrogen-bond donors (Lipinski definition) is 1. The van der Waals surface area contributed by atoms with Gasteiger partial charge in [-0.05, 0) is 9.47 Å². The van der Waals surface area contributed by atoms with Crippen molar-refractivity contribution in [2.75, 3.05) is 0 Å². The maximum atomic E-state index is 6.92. The van der Waals surface area contributed by atoms with E-state index < -0.39 is 0 Å². The largest absolute Gasteiger partial charge is 2.00 e. The van der Waals surface area contributed by atoms with Crippen molar-refractivity contribution in [1.82, 2.24) is 0 Å². The molecular weight excluding hydrogens is 114 g/mol. The Labute approximate surface area is 71.5 Å². The van der Waals surface area contributed by atoms with Crippen LogP contribution in [0.2, 0.25) is 0 Å². The zero-order valence-corrected chi connectivity index (χ0v) is 5.09. The van der Waals surface area contributed by atoms with Gasteiger partial charge in [-0.1, -0.05) is 0 Å². The first-order valence-corrected chi connectivity index (χ1v) is 0.775. The van der Waals surface area contributed by atoms with Crippen LogP contribution in [0.4, 0.5) is 0 Å². The Morgan fingerprint density at radius 2 is 1.50 bits per heavy atom. The molecule has 0 fully saturated rings. The molecule has 1 nitrogen and oxygen atoms in total. The van der Waals surface area contributed by atoms with Gasteiger partial charge in [-0.2, -0.15) is 0 Å². The fourth-order valence-corrected chi connectivity index (χ4v) is 0. The standard InChI is InChI=1S/Al.Ca.H3OP.5H/c;;1-2;;;;;/h;;1H,2H2;;;;;/q;+2;;;;;2*-1. The third-order valence-electron chi connectivity index (χ3n) is 0. The molecule has 0 aliphatic rings. The summed E-state index contributed by atoms with van der Waals surface area (Å²) in [5, 5.41) is 0. The van der Waals surface area contributed by atoms with Gasteiger partial charge in [-0.25, -0.2) is 0 Å². The second-order valence-electron chi connectivity index (χ2n) is 0. The monoisotopic (exact) mass is 122 g/mol. The molecule has 4 heavy (non-hydrogen) atoms. The van der Waals surface area contributed by atoms with E-state index in [1.54, 1.807) is 0 Å². The third kappa shape index (κ3) is 8.89. The fraction of sp³-hybridized carbons (Fsp3) is 0. The summed E-state index contributed by atoms with van der Waals surface area (Å²) in [5.41, 5.74) is 0. The van der Waals surface area contributed by atoms with Gasteiger partial charge in [0.25, 0.3) is 0 Å². The minimum Gasteiger partial charge on any atom is -1.00 e. The van der Waals surface area contributed by atoms with Gasteiger partial charge in [0.1, 0.15) is 0 Å². The van der Waals surface area contributed by atoms with Crippen LogP contribution in [-0.4, -0.2) is 60.0 Å². The minimum absolute atomic E-state index is 0. The van der Waals surface area contributed by atoms with E-state index in [2.05, 4.69) is 0 Å². The van der Waals surface area contributed by atoms with Crippen molar-refractivity contribution < 1.29 is 7.75 Å². The molecule has 0 spiro atoms. The Bertz CT molecular complexity index is 13.5. The molecule has 0 aromatic heterocycles. The summed E-state index contributed by atoms with van der Waals surface area (Å²) >= 11 is 0. The van der Waals surface area contributed by atoms with Crippen molar-refractivity contribution in [1.29, 1.82) is 0 Å². The van der Waals surface area contributed by atoms with Gasteiger partial charge in [0.2, 0.25) is 0 Å². The van der Waals surface area contributed by atoms with Crippen molar-refractivity contribution in [2.24, 2.45) is 0 Å². The maximum absolute atomic E-state index is 6.92. The molecule has 4 heteroatoms. The molecule has 0 heterocycles. The first kappa shape index (κ1) is 16.4. The molecule has 0 rings (SSSR count). The van der Waals surface area contributed by atoms with Crippen LogP contribution in [0.1, 0.15) is 2.85 Å². The average molecular weight is 122 g/mol. The summed E-state index contributed by atoms with van der Waals surface area (Å²) < 4.78 is 0. The first-order chi connectivity index (χ1) is 1.00. The smallest absolute Gasteiger partial charge is 1.00 e. The Balaban J connectivity index is -0.000000000833. The van der Waals surface area contributed by atoms with Crippen LogP contribution in [0, 0.1) is 0 Å². The predicted molar refractivity (Wildman–Crippen MR) is 29.8 cm³/mol. The van der Waals surface area contributed by atoms with Crippen molar-refractivity contribution in [3.05, 3.63) is 0 Å². The SMILES string of the molecule is OP.[AlH3].[Ca+2].[H-].[H-]. The molecule has 0 amide bonds. The number of rotatable bonds is 0. The molecule has 1 unspecified atom stereocenters. The van der Waals surface area contributed by atoms with Crippen LogP contribution < -0.4 is 0 Å². The molecule has 24 valence electrons. The minimum atomic E-state index is 0. The number of hydrogen-bond acceptors (Lipinski definition) is 1. The molecule has 0 saturated heterocycles. The van der Waals surface area contributed by atoms with Crippen LogP contribution in [0.3, 0.4) is 0 Å². The summed E-state index contributed by atoms with van der Waals surface area (Å²) in [6.07, 6.45) is 0.